The fraction of sp³-hybridized carbons (Fsp3) is 0.545. The van der Waals surface area contributed by atoms with Crippen molar-refractivity contribution in [2.45, 2.75) is 26.3 Å². The van der Waals surface area contributed by atoms with Crippen LogP contribution >= 0.6 is 0 Å². The Labute approximate surface area is 183 Å². The number of benzene rings is 1. The molecule has 0 radical (unpaired) electrons. The zero-order chi connectivity index (χ0) is 22.2. The summed E-state index contributed by atoms with van der Waals surface area (Å²) in [6, 6.07) is 7.69. The average Bonchev–Trinajstić information content (AvgIpc) is 3.00. The molecule has 0 bridgehead atoms. The minimum atomic E-state index is -3.04. The second kappa shape index (κ2) is 8.63. The van der Waals surface area contributed by atoms with E-state index >= 15 is 0 Å². The van der Waals surface area contributed by atoms with Gasteiger partial charge < -0.3 is 14.8 Å². The minimum absolute atomic E-state index is 0.00168. The van der Waals surface area contributed by atoms with Crippen LogP contribution in [0.25, 0.3) is 10.9 Å². The van der Waals surface area contributed by atoms with E-state index < -0.39 is 9.84 Å². The van der Waals surface area contributed by atoms with Gasteiger partial charge in [-0.25, -0.2) is 8.42 Å². The van der Waals surface area contributed by atoms with Crippen LogP contribution in [0.15, 0.2) is 24.3 Å². The number of nitrogens with zero attached hydrogens (tertiary/aromatic N) is 3. The Bertz CT molecular complexity index is 1080. The summed E-state index contributed by atoms with van der Waals surface area (Å²) in [6.07, 6.45) is 0.959. The highest BCUT2D eigenvalue weighted by molar-refractivity contribution is 7.91. The molecule has 0 aliphatic carbocycles. The highest BCUT2D eigenvalue weighted by Crippen LogP contribution is 2.21. The number of aromatic amines is 1. The number of hydrogen-bond acceptors (Lipinski definition) is 5. The Morgan fingerprint density at radius 3 is 2.32 bits per heavy atom. The molecule has 8 nitrogen and oxygen atoms in total. The molecule has 168 valence electrons. The van der Waals surface area contributed by atoms with E-state index in [1.807, 2.05) is 17.0 Å². The van der Waals surface area contributed by atoms with E-state index in [1.54, 1.807) is 17.0 Å². The Hall–Kier alpha value is -2.39. The van der Waals surface area contributed by atoms with E-state index in [2.05, 4.69) is 23.7 Å². The molecule has 2 saturated heterocycles. The molecule has 9 heteroatoms. The van der Waals surface area contributed by atoms with Crippen molar-refractivity contribution in [3.8, 4) is 0 Å². The quantitative estimate of drug-likeness (QED) is 0.773. The van der Waals surface area contributed by atoms with Crippen LogP contribution in [0, 0.1) is 0 Å². The van der Waals surface area contributed by atoms with Crippen LogP contribution in [-0.2, 0) is 9.84 Å². The topological polar surface area (TPSA) is 93.8 Å². The number of amides is 2. The van der Waals surface area contributed by atoms with Crippen LogP contribution in [0.5, 0.6) is 0 Å². The van der Waals surface area contributed by atoms with Gasteiger partial charge in [-0.05, 0) is 44.5 Å². The van der Waals surface area contributed by atoms with E-state index in [0.29, 0.717) is 23.8 Å². The molecule has 0 saturated carbocycles. The third-order valence-electron chi connectivity index (χ3n) is 6.28. The lowest BCUT2D eigenvalue weighted by atomic mass is 10.1. The Kier molecular flexibility index (Phi) is 6.07. The fourth-order valence-corrected chi connectivity index (χ4v) is 5.51. The van der Waals surface area contributed by atoms with Crippen molar-refractivity contribution in [2.75, 3.05) is 50.8 Å². The number of carbonyl (C=O) groups excluding carboxylic acids is 2. The van der Waals surface area contributed by atoms with Crippen LogP contribution in [-0.4, -0.2) is 96.7 Å². The molecule has 2 aromatic rings. The number of sulfone groups is 1. The summed E-state index contributed by atoms with van der Waals surface area (Å²) in [6.45, 7) is 8.11. The third kappa shape index (κ3) is 4.77. The molecule has 0 spiro atoms. The van der Waals surface area contributed by atoms with E-state index in [-0.39, 0.29) is 36.4 Å². The Morgan fingerprint density at radius 2 is 1.61 bits per heavy atom. The monoisotopic (exact) mass is 446 g/mol. The van der Waals surface area contributed by atoms with Crippen LogP contribution < -0.4 is 0 Å². The van der Waals surface area contributed by atoms with Gasteiger partial charge in [0.2, 0.25) is 0 Å². The predicted molar refractivity (Wildman–Crippen MR) is 120 cm³/mol. The number of hydrogen-bond donors (Lipinski definition) is 1. The van der Waals surface area contributed by atoms with Crippen LogP contribution in [0.3, 0.4) is 0 Å². The number of nitrogens with one attached hydrogen (secondary N) is 1. The molecule has 1 aromatic carbocycles. The second-order valence-corrected chi connectivity index (χ2v) is 11.0. The van der Waals surface area contributed by atoms with Crippen molar-refractivity contribution in [3.05, 3.63) is 35.5 Å². The van der Waals surface area contributed by atoms with Crippen molar-refractivity contribution < 1.29 is 18.0 Å². The molecule has 2 aliphatic heterocycles. The number of rotatable bonds is 3. The summed E-state index contributed by atoms with van der Waals surface area (Å²) in [5, 5.41) is 0.803. The number of carbonyl (C=O) groups is 2. The highest BCUT2D eigenvalue weighted by Gasteiger charge is 2.27. The Balaban J connectivity index is 1.48. The van der Waals surface area contributed by atoms with Crippen molar-refractivity contribution in [2.24, 2.45) is 0 Å². The Morgan fingerprint density at radius 1 is 0.903 bits per heavy atom. The summed E-state index contributed by atoms with van der Waals surface area (Å²) in [5.41, 5.74) is 1.82. The molecule has 2 aliphatic rings. The first-order valence-electron chi connectivity index (χ1n) is 10.9. The van der Waals surface area contributed by atoms with E-state index in [0.717, 1.165) is 37.0 Å². The van der Waals surface area contributed by atoms with E-state index in [9.17, 15) is 18.0 Å². The summed E-state index contributed by atoms with van der Waals surface area (Å²) in [5.74, 6) is -0.188. The zero-order valence-electron chi connectivity index (χ0n) is 18.1. The molecule has 1 aromatic heterocycles. The minimum Gasteiger partial charge on any atom is -0.351 e. The van der Waals surface area contributed by atoms with Gasteiger partial charge in [0.05, 0.1) is 11.5 Å². The first kappa shape index (κ1) is 21.8. The molecule has 1 N–H and O–H groups in total. The average molecular weight is 447 g/mol. The predicted octanol–water partition coefficient (Wildman–Crippen LogP) is 1.59. The third-order valence-corrected chi connectivity index (χ3v) is 7.89. The first-order chi connectivity index (χ1) is 14.7. The lowest BCUT2D eigenvalue weighted by molar-refractivity contribution is 0.0754. The van der Waals surface area contributed by atoms with E-state index in [1.165, 1.54) is 0 Å². The smallest absolute Gasteiger partial charge is 0.270 e. The highest BCUT2D eigenvalue weighted by atomic mass is 32.2. The molecule has 4 rings (SSSR count). The van der Waals surface area contributed by atoms with Crippen molar-refractivity contribution >= 4 is 32.6 Å². The van der Waals surface area contributed by atoms with Gasteiger partial charge in [-0.2, -0.15) is 0 Å². The number of fused-ring (bicyclic) bond motifs is 1. The molecule has 3 heterocycles. The van der Waals surface area contributed by atoms with Gasteiger partial charge in [-0.15, -0.1) is 0 Å². The standard InChI is InChI=1S/C22H30N4O4S/c1-16(2)24-6-3-7-25(9-8-24)21(27)17-4-5-19-18(14-17)15-20(23-19)22(28)26-10-12-31(29,30)13-11-26/h4-5,14-16,23H,3,6-13H2,1-2H3. The molecule has 2 amide bonds. The lowest BCUT2D eigenvalue weighted by Crippen LogP contribution is -2.43. The van der Waals surface area contributed by atoms with Crippen LogP contribution in [0.1, 0.15) is 41.1 Å². The number of aromatic nitrogens is 1. The second-order valence-electron chi connectivity index (χ2n) is 8.70. The zero-order valence-corrected chi connectivity index (χ0v) is 19.0. The normalized spacial score (nSPS) is 20.2. The van der Waals surface area contributed by atoms with Gasteiger partial charge in [0.25, 0.3) is 11.8 Å². The van der Waals surface area contributed by atoms with Gasteiger partial charge in [0, 0.05) is 61.8 Å². The van der Waals surface area contributed by atoms with Crippen molar-refractivity contribution in [1.29, 1.82) is 0 Å². The molecular weight excluding hydrogens is 416 g/mol. The van der Waals surface area contributed by atoms with Crippen LogP contribution in [0.4, 0.5) is 0 Å². The SMILES string of the molecule is CC(C)N1CCCN(C(=O)c2ccc3[nH]c(C(=O)N4CCS(=O)(=O)CC4)cc3c2)CC1. The number of H-pyrrole nitrogens is 1. The summed E-state index contributed by atoms with van der Waals surface area (Å²) in [7, 11) is -3.04. The first-order valence-corrected chi connectivity index (χ1v) is 12.7. The molecular formula is C22H30N4O4S. The van der Waals surface area contributed by atoms with Gasteiger partial charge in [0.1, 0.15) is 5.69 Å². The molecule has 0 unspecified atom stereocenters. The van der Waals surface area contributed by atoms with Gasteiger partial charge in [0.15, 0.2) is 9.84 Å². The molecule has 31 heavy (non-hydrogen) atoms. The van der Waals surface area contributed by atoms with Crippen LogP contribution in [0.2, 0.25) is 0 Å². The summed E-state index contributed by atoms with van der Waals surface area (Å²) in [4.78, 5) is 34.9. The van der Waals surface area contributed by atoms with E-state index in [4.69, 9.17) is 0 Å². The van der Waals surface area contributed by atoms with Gasteiger partial charge in [-0.3, -0.25) is 14.5 Å². The maximum Gasteiger partial charge on any atom is 0.270 e. The van der Waals surface area contributed by atoms with Crippen molar-refractivity contribution in [1.82, 2.24) is 19.7 Å². The van der Waals surface area contributed by atoms with Gasteiger partial charge in [-0.1, -0.05) is 0 Å². The molecule has 0 atom stereocenters. The van der Waals surface area contributed by atoms with Gasteiger partial charge >= 0.3 is 0 Å². The van der Waals surface area contributed by atoms with Crippen molar-refractivity contribution in [3.63, 3.8) is 0 Å². The summed E-state index contributed by atoms with van der Waals surface area (Å²) >= 11 is 0. The summed E-state index contributed by atoms with van der Waals surface area (Å²) < 4.78 is 23.2. The molecule has 2 fully saturated rings. The lowest BCUT2D eigenvalue weighted by Gasteiger charge is -2.26. The fourth-order valence-electron chi connectivity index (χ4n) is 4.31. The largest absolute Gasteiger partial charge is 0.351 e. The maximum absolute atomic E-state index is 13.1. The maximum atomic E-state index is 13.1.